The average Bonchev–Trinajstić information content (AvgIpc) is 3.09. The van der Waals surface area contributed by atoms with Crippen molar-refractivity contribution in [1.29, 1.82) is 0 Å². The molecule has 1 aromatic heterocycles. The quantitative estimate of drug-likeness (QED) is 0.563. The lowest BCUT2D eigenvalue weighted by atomic mass is 10.2. The first kappa shape index (κ1) is 19.7. The summed E-state index contributed by atoms with van der Waals surface area (Å²) in [7, 11) is 0. The van der Waals surface area contributed by atoms with Crippen LogP contribution in [0.2, 0.25) is 10.0 Å². The molecule has 0 radical (unpaired) electrons. The molecule has 0 aliphatic rings. The number of rotatable bonds is 7. The van der Waals surface area contributed by atoms with E-state index in [9.17, 15) is 4.79 Å². The van der Waals surface area contributed by atoms with Gasteiger partial charge in [-0.1, -0.05) is 47.1 Å². The monoisotopic (exact) mass is 420 g/mol. The normalized spacial score (nSPS) is 10.8. The van der Waals surface area contributed by atoms with Crippen LogP contribution in [-0.2, 0) is 17.9 Å². The summed E-state index contributed by atoms with van der Waals surface area (Å²) >= 11 is 13.2. The first-order valence-electron chi connectivity index (χ1n) is 8.40. The molecule has 0 spiro atoms. The van der Waals surface area contributed by atoms with Crippen LogP contribution in [0.1, 0.15) is 12.5 Å². The van der Waals surface area contributed by atoms with Crippen molar-refractivity contribution in [1.82, 2.24) is 20.1 Å². The van der Waals surface area contributed by atoms with Crippen LogP contribution in [0.4, 0.5) is 0 Å². The number of hydrogen-bond donors (Lipinski definition) is 1. The van der Waals surface area contributed by atoms with Gasteiger partial charge in [0.05, 0.1) is 5.75 Å². The first-order chi connectivity index (χ1) is 13.1. The molecule has 0 fully saturated rings. The lowest BCUT2D eigenvalue weighted by Gasteiger charge is -2.08. The van der Waals surface area contributed by atoms with Gasteiger partial charge in [-0.25, -0.2) is 0 Å². The SMILES string of the molecule is CCn1c(SCC(=O)NCc2ccc(Cl)cc2)nnc1-c1ccc(Cl)cc1. The Labute approximate surface area is 172 Å². The van der Waals surface area contributed by atoms with Crippen LogP contribution >= 0.6 is 35.0 Å². The third-order valence-corrected chi connectivity index (χ3v) is 5.34. The molecule has 0 saturated carbocycles. The predicted octanol–water partition coefficient (Wildman–Crippen LogP) is 4.68. The number of carbonyl (C=O) groups is 1. The van der Waals surface area contributed by atoms with E-state index < -0.39 is 0 Å². The number of thioether (sulfide) groups is 1. The largest absolute Gasteiger partial charge is 0.351 e. The average molecular weight is 421 g/mol. The number of aromatic nitrogens is 3. The van der Waals surface area contributed by atoms with Crippen LogP contribution in [0.25, 0.3) is 11.4 Å². The molecule has 0 bridgehead atoms. The van der Waals surface area contributed by atoms with Gasteiger partial charge in [-0.3, -0.25) is 4.79 Å². The maximum absolute atomic E-state index is 12.1. The summed E-state index contributed by atoms with van der Waals surface area (Å²) in [4.78, 5) is 12.1. The number of nitrogens with one attached hydrogen (secondary N) is 1. The van der Waals surface area contributed by atoms with Gasteiger partial charge >= 0.3 is 0 Å². The fourth-order valence-electron chi connectivity index (χ4n) is 2.48. The van der Waals surface area contributed by atoms with Gasteiger partial charge in [-0.15, -0.1) is 10.2 Å². The molecule has 0 unspecified atom stereocenters. The Hall–Kier alpha value is -2.02. The van der Waals surface area contributed by atoms with E-state index in [0.29, 0.717) is 28.3 Å². The predicted molar refractivity (Wildman–Crippen MR) is 110 cm³/mol. The first-order valence-corrected chi connectivity index (χ1v) is 10.1. The summed E-state index contributed by atoms with van der Waals surface area (Å²) in [5, 5.41) is 13.5. The number of carbonyl (C=O) groups excluding carboxylic acids is 1. The Bertz CT molecular complexity index is 910. The fourth-order valence-corrected chi connectivity index (χ4v) is 3.56. The molecule has 1 heterocycles. The topological polar surface area (TPSA) is 59.8 Å². The lowest BCUT2D eigenvalue weighted by molar-refractivity contribution is -0.118. The van der Waals surface area contributed by atoms with E-state index in [-0.39, 0.29) is 11.7 Å². The van der Waals surface area contributed by atoms with Gasteiger partial charge in [0.25, 0.3) is 0 Å². The highest BCUT2D eigenvalue weighted by Crippen LogP contribution is 2.25. The van der Waals surface area contributed by atoms with Gasteiger partial charge in [-0.05, 0) is 48.9 Å². The van der Waals surface area contributed by atoms with E-state index in [0.717, 1.165) is 17.0 Å². The van der Waals surface area contributed by atoms with Crippen LogP contribution in [-0.4, -0.2) is 26.4 Å². The molecular formula is C19H18Cl2N4OS. The number of halogens is 2. The molecule has 0 aliphatic heterocycles. The van der Waals surface area contributed by atoms with Gasteiger partial charge in [0, 0.05) is 28.7 Å². The molecule has 5 nitrogen and oxygen atoms in total. The van der Waals surface area contributed by atoms with Crippen LogP contribution in [0.15, 0.2) is 53.7 Å². The zero-order valence-electron chi connectivity index (χ0n) is 14.7. The van der Waals surface area contributed by atoms with Crippen molar-refractivity contribution in [3.05, 3.63) is 64.1 Å². The van der Waals surface area contributed by atoms with Gasteiger partial charge in [0.1, 0.15) is 0 Å². The minimum absolute atomic E-state index is 0.0614. The minimum atomic E-state index is -0.0614. The van der Waals surface area contributed by atoms with E-state index in [1.807, 2.05) is 47.9 Å². The Morgan fingerprint density at radius 2 is 1.67 bits per heavy atom. The summed E-state index contributed by atoms with van der Waals surface area (Å²) < 4.78 is 1.99. The maximum atomic E-state index is 12.1. The highest BCUT2D eigenvalue weighted by molar-refractivity contribution is 7.99. The maximum Gasteiger partial charge on any atom is 0.230 e. The number of hydrogen-bond acceptors (Lipinski definition) is 4. The number of benzene rings is 2. The smallest absolute Gasteiger partial charge is 0.230 e. The van der Waals surface area contributed by atoms with Gasteiger partial charge in [-0.2, -0.15) is 0 Å². The van der Waals surface area contributed by atoms with Gasteiger partial charge in [0.2, 0.25) is 5.91 Å². The second-order valence-electron chi connectivity index (χ2n) is 5.75. The molecule has 3 aromatic rings. The summed E-state index contributed by atoms with van der Waals surface area (Å²) in [6.07, 6.45) is 0. The van der Waals surface area contributed by atoms with E-state index >= 15 is 0 Å². The molecule has 0 saturated heterocycles. The van der Waals surface area contributed by atoms with Gasteiger partial charge in [0.15, 0.2) is 11.0 Å². The Balaban J connectivity index is 1.59. The zero-order valence-corrected chi connectivity index (χ0v) is 17.0. The lowest BCUT2D eigenvalue weighted by Crippen LogP contribution is -2.24. The summed E-state index contributed by atoms with van der Waals surface area (Å²) in [5.41, 5.74) is 1.94. The molecular weight excluding hydrogens is 403 g/mol. The zero-order chi connectivity index (χ0) is 19.2. The van der Waals surface area contributed by atoms with Crippen LogP contribution in [0, 0.1) is 0 Å². The molecule has 2 aromatic carbocycles. The van der Waals surface area contributed by atoms with E-state index in [4.69, 9.17) is 23.2 Å². The van der Waals surface area contributed by atoms with Crippen LogP contribution < -0.4 is 5.32 Å². The second kappa shape index (κ2) is 9.26. The molecule has 0 aliphatic carbocycles. The highest BCUT2D eigenvalue weighted by atomic mass is 35.5. The van der Waals surface area contributed by atoms with Crippen molar-refractivity contribution in [2.45, 2.75) is 25.2 Å². The van der Waals surface area contributed by atoms with Crippen molar-refractivity contribution < 1.29 is 4.79 Å². The Morgan fingerprint density at radius 3 is 2.30 bits per heavy atom. The molecule has 1 N–H and O–H groups in total. The van der Waals surface area contributed by atoms with Crippen LogP contribution in [0.3, 0.4) is 0 Å². The summed E-state index contributed by atoms with van der Waals surface area (Å²) in [6.45, 7) is 3.19. The van der Waals surface area contributed by atoms with Crippen molar-refractivity contribution in [2.24, 2.45) is 0 Å². The van der Waals surface area contributed by atoms with Crippen molar-refractivity contribution >= 4 is 40.9 Å². The summed E-state index contributed by atoms with van der Waals surface area (Å²) in [6, 6.07) is 14.9. The molecule has 3 rings (SSSR count). The van der Waals surface area contributed by atoms with Crippen molar-refractivity contribution in [2.75, 3.05) is 5.75 Å². The number of amides is 1. The summed E-state index contributed by atoms with van der Waals surface area (Å²) in [5.74, 6) is 0.971. The Kier molecular flexibility index (Phi) is 6.77. The molecule has 0 atom stereocenters. The third-order valence-electron chi connectivity index (χ3n) is 3.87. The molecule has 1 amide bonds. The van der Waals surface area contributed by atoms with E-state index in [1.54, 1.807) is 12.1 Å². The molecule has 27 heavy (non-hydrogen) atoms. The molecule has 140 valence electrons. The minimum Gasteiger partial charge on any atom is -0.351 e. The Morgan fingerprint density at radius 1 is 1.04 bits per heavy atom. The highest BCUT2D eigenvalue weighted by Gasteiger charge is 2.14. The third kappa shape index (κ3) is 5.25. The molecule has 8 heteroatoms. The second-order valence-corrected chi connectivity index (χ2v) is 7.56. The van der Waals surface area contributed by atoms with E-state index in [1.165, 1.54) is 11.8 Å². The van der Waals surface area contributed by atoms with E-state index in [2.05, 4.69) is 15.5 Å². The standard InChI is InChI=1S/C19H18Cl2N4OS/c1-2-25-18(14-5-9-16(21)10-6-14)23-24-19(25)27-12-17(26)22-11-13-3-7-15(20)8-4-13/h3-10H,2,11-12H2,1H3,(H,22,26). The van der Waals surface area contributed by atoms with Crippen molar-refractivity contribution in [3.63, 3.8) is 0 Å². The van der Waals surface area contributed by atoms with Crippen molar-refractivity contribution in [3.8, 4) is 11.4 Å². The number of nitrogens with zero attached hydrogens (tertiary/aromatic N) is 3. The van der Waals surface area contributed by atoms with Crippen LogP contribution in [0.5, 0.6) is 0 Å². The van der Waals surface area contributed by atoms with Gasteiger partial charge < -0.3 is 9.88 Å². The fraction of sp³-hybridized carbons (Fsp3) is 0.211.